The summed E-state index contributed by atoms with van der Waals surface area (Å²) in [6.07, 6.45) is 3.05. The summed E-state index contributed by atoms with van der Waals surface area (Å²) in [7, 11) is 0. The van der Waals surface area contributed by atoms with E-state index in [4.69, 9.17) is 15.7 Å². The van der Waals surface area contributed by atoms with Crippen LogP contribution in [0.4, 0.5) is 0 Å². The number of hydrogen-bond acceptors (Lipinski definition) is 5. The molecule has 1 saturated heterocycles. The molecule has 6 heteroatoms. The molecule has 2 N–H and O–H groups in total. The molecule has 1 aliphatic heterocycles. The Morgan fingerprint density at radius 1 is 1.28 bits per heavy atom. The van der Waals surface area contributed by atoms with Crippen molar-refractivity contribution in [2.24, 2.45) is 5.73 Å². The van der Waals surface area contributed by atoms with Gasteiger partial charge in [0.15, 0.2) is 0 Å². The van der Waals surface area contributed by atoms with Crippen molar-refractivity contribution in [1.29, 1.82) is 5.26 Å². The van der Waals surface area contributed by atoms with E-state index in [1.165, 1.54) is 0 Å². The van der Waals surface area contributed by atoms with E-state index in [-0.39, 0.29) is 12.0 Å². The summed E-state index contributed by atoms with van der Waals surface area (Å²) in [5.41, 5.74) is 7.26. The standard InChI is InChI=1S/C19H20N4O2/c20-13-15-12-17(6-9-22-15)25-16-7-10-23(11-8-16)19(24)18(21)14-4-2-1-3-5-14/h1-6,9,12,16,18H,7-8,10-11,21H2/t18-/m1/s1. The van der Waals surface area contributed by atoms with Crippen molar-refractivity contribution in [2.45, 2.75) is 25.0 Å². The summed E-state index contributed by atoms with van der Waals surface area (Å²) in [6.45, 7) is 1.22. The van der Waals surface area contributed by atoms with Gasteiger partial charge in [-0.15, -0.1) is 0 Å². The lowest BCUT2D eigenvalue weighted by Crippen LogP contribution is -2.45. The normalized spacial score (nSPS) is 16.1. The Balaban J connectivity index is 1.54. The maximum absolute atomic E-state index is 12.6. The minimum atomic E-state index is -0.628. The van der Waals surface area contributed by atoms with E-state index in [2.05, 4.69) is 4.98 Å². The highest BCUT2D eigenvalue weighted by atomic mass is 16.5. The number of pyridine rings is 1. The molecular formula is C19H20N4O2. The van der Waals surface area contributed by atoms with E-state index >= 15 is 0 Å². The summed E-state index contributed by atoms with van der Waals surface area (Å²) < 4.78 is 5.91. The van der Waals surface area contributed by atoms with Crippen LogP contribution in [-0.2, 0) is 4.79 Å². The van der Waals surface area contributed by atoms with Gasteiger partial charge in [0.2, 0.25) is 5.91 Å². The van der Waals surface area contributed by atoms with E-state index in [9.17, 15) is 4.79 Å². The second-order valence-electron chi connectivity index (χ2n) is 6.02. The van der Waals surface area contributed by atoms with Crippen LogP contribution >= 0.6 is 0 Å². The quantitative estimate of drug-likeness (QED) is 0.922. The number of hydrogen-bond donors (Lipinski definition) is 1. The molecule has 0 saturated carbocycles. The third kappa shape index (κ3) is 4.14. The van der Waals surface area contributed by atoms with Crippen molar-refractivity contribution < 1.29 is 9.53 Å². The van der Waals surface area contributed by atoms with Gasteiger partial charge in [0.25, 0.3) is 0 Å². The van der Waals surface area contributed by atoms with Crippen LogP contribution in [0.2, 0.25) is 0 Å². The third-order valence-corrected chi connectivity index (χ3v) is 4.33. The summed E-state index contributed by atoms with van der Waals surface area (Å²) in [5, 5.41) is 8.89. The number of nitrogens with zero attached hydrogens (tertiary/aromatic N) is 3. The molecule has 1 aromatic heterocycles. The van der Waals surface area contributed by atoms with Crippen molar-refractivity contribution in [2.75, 3.05) is 13.1 Å². The zero-order chi connectivity index (χ0) is 17.6. The van der Waals surface area contributed by atoms with Gasteiger partial charge < -0.3 is 15.4 Å². The molecule has 0 aliphatic carbocycles. The Morgan fingerprint density at radius 3 is 2.68 bits per heavy atom. The van der Waals surface area contributed by atoms with Crippen LogP contribution in [0, 0.1) is 11.3 Å². The topological polar surface area (TPSA) is 92.2 Å². The van der Waals surface area contributed by atoms with Crippen molar-refractivity contribution in [3.05, 3.63) is 59.9 Å². The molecule has 0 unspecified atom stereocenters. The summed E-state index contributed by atoms with van der Waals surface area (Å²) in [6, 6.07) is 14.1. The van der Waals surface area contributed by atoms with Crippen LogP contribution in [0.5, 0.6) is 5.75 Å². The number of benzene rings is 1. The van der Waals surface area contributed by atoms with Gasteiger partial charge in [-0.2, -0.15) is 5.26 Å². The molecule has 6 nitrogen and oxygen atoms in total. The first kappa shape index (κ1) is 16.9. The number of carbonyl (C=O) groups is 1. The minimum absolute atomic E-state index is 0.0194. The maximum atomic E-state index is 12.6. The Bertz CT molecular complexity index is 764. The highest BCUT2D eigenvalue weighted by Crippen LogP contribution is 2.21. The molecule has 0 radical (unpaired) electrons. The Kier molecular flexibility index (Phi) is 5.26. The Morgan fingerprint density at radius 2 is 2.00 bits per heavy atom. The van der Waals surface area contributed by atoms with E-state index in [1.54, 1.807) is 23.2 Å². The van der Waals surface area contributed by atoms with Crippen molar-refractivity contribution in [3.8, 4) is 11.8 Å². The SMILES string of the molecule is N#Cc1cc(OC2CCN(C(=O)[C@H](N)c3ccccc3)CC2)ccn1. The second-order valence-corrected chi connectivity index (χ2v) is 6.02. The van der Waals surface area contributed by atoms with Crippen LogP contribution in [0.15, 0.2) is 48.7 Å². The predicted molar refractivity (Wildman–Crippen MR) is 92.6 cm³/mol. The summed E-state index contributed by atoms with van der Waals surface area (Å²) >= 11 is 0. The molecule has 1 aliphatic rings. The molecule has 3 rings (SSSR count). The van der Waals surface area contributed by atoms with E-state index < -0.39 is 6.04 Å². The second kappa shape index (κ2) is 7.77. The van der Waals surface area contributed by atoms with Gasteiger partial charge in [0.1, 0.15) is 29.7 Å². The van der Waals surface area contributed by atoms with Crippen LogP contribution in [0.3, 0.4) is 0 Å². The highest BCUT2D eigenvalue weighted by Gasteiger charge is 2.27. The van der Waals surface area contributed by atoms with Crippen LogP contribution in [-0.4, -0.2) is 35.0 Å². The number of nitrogens with two attached hydrogens (primary N) is 1. The van der Waals surface area contributed by atoms with Gasteiger partial charge in [0.05, 0.1) is 0 Å². The van der Waals surface area contributed by atoms with Gasteiger partial charge in [-0.1, -0.05) is 30.3 Å². The summed E-state index contributed by atoms with van der Waals surface area (Å²) in [5.74, 6) is 0.581. The zero-order valence-corrected chi connectivity index (χ0v) is 13.8. The lowest BCUT2D eigenvalue weighted by atomic mass is 10.0. The van der Waals surface area contributed by atoms with Crippen LogP contribution < -0.4 is 10.5 Å². The Hall–Kier alpha value is -2.91. The van der Waals surface area contributed by atoms with Gasteiger partial charge in [0, 0.05) is 38.2 Å². The fourth-order valence-electron chi connectivity index (χ4n) is 2.93. The van der Waals surface area contributed by atoms with E-state index in [0.29, 0.717) is 24.5 Å². The monoisotopic (exact) mass is 336 g/mol. The molecule has 0 bridgehead atoms. The molecule has 2 aromatic rings. The number of amides is 1. The van der Waals surface area contributed by atoms with Crippen molar-refractivity contribution >= 4 is 5.91 Å². The number of rotatable bonds is 4. The number of carbonyl (C=O) groups excluding carboxylic acids is 1. The van der Waals surface area contributed by atoms with E-state index in [1.807, 2.05) is 36.4 Å². The van der Waals surface area contributed by atoms with Crippen LogP contribution in [0.25, 0.3) is 0 Å². The number of nitriles is 1. The highest BCUT2D eigenvalue weighted by molar-refractivity contribution is 5.83. The first-order valence-electron chi connectivity index (χ1n) is 8.29. The minimum Gasteiger partial charge on any atom is -0.490 e. The average Bonchev–Trinajstić information content (AvgIpc) is 2.68. The average molecular weight is 336 g/mol. The van der Waals surface area contributed by atoms with Crippen molar-refractivity contribution in [1.82, 2.24) is 9.88 Å². The first-order chi connectivity index (χ1) is 12.2. The fraction of sp³-hybridized carbons (Fsp3) is 0.316. The largest absolute Gasteiger partial charge is 0.490 e. The molecule has 1 atom stereocenters. The molecule has 25 heavy (non-hydrogen) atoms. The lowest BCUT2D eigenvalue weighted by molar-refractivity contribution is -0.134. The molecule has 1 aromatic carbocycles. The lowest BCUT2D eigenvalue weighted by Gasteiger charge is -2.33. The van der Waals surface area contributed by atoms with Gasteiger partial charge in [-0.25, -0.2) is 4.98 Å². The zero-order valence-electron chi connectivity index (χ0n) is 13.8. The Labute approximate surface area is 146 Å². The van der Waals surface area contributed by atoms with E-state index in [0.717, 1.165) is 18.4 Å². The van der Waals surface area contributed by atoms with Crippen LogP contribution in [0.1, 0.15) is 30.1 Å². The summed E-state index contributed by atoms with van der Waals surface area (Å²) in [4.78, 5) is 18.3. The molecule has 2 heterocycles. The smallest absolute Gasteiger partial charge is 0.244 e. The maximum Gasteiger partial charge on any atom is 0.244 e. The molecule has 128 valence electrons. The van der Waals surface area contributed by atoms with Crippen molar-refractivity contribution in [3.63, 3.8) is 0 Å². The molecule has 1 amide bonds. The predicted octanol–water partition coefficient (Wildman–Crippen LogP) is 2.02. The molecular weight excluding hydrogens is 316 g/mol. The first-order valence-corrected chi connectivity index (χ1v) is 8.29. The third-order valence-electron chi connectivity index (χ3n) is 4.33. The fourth-order valence-corrected chi connectivity index (χ4v) is 2.93. The van der Waals surface area contributed by atoms with Gasteiger partial charge in [-0.05, 0) is 11.6 Å². The number of aromatic nitrogens is 1. The molecule has 0 spiro atoms. The number of piperidine rings is 1. The van der Waals surface area contributed by atoms with Gasteiger partial charge >= 0.3 is 0 Å². The molecule has 1 fully saturated rings. The van der Waals surface area contributed by atoms with Gasteiger partial charge in [-0.3, -0.25) is 4.79 Å². The number of ether oxygens (including phenoxy) is 1. The number of likely N-dealkylation sites (tertiary alicyclic amines) is 1.